The lowest BCUT2D eigenvalue weighted by Crippen LogP contribution is -2.17. The van der Waals surface area contributed by atoms with Crippen LogP contribution in [0.1, 0.15) is 11.3 Å². The molecule has 2 aromatic heterocycles. The first kappa shape index (κ1) is 18.5. The molecule has 0 saturated carbocycles. The maximum atomic E-state index is 6.35. The van der Waals surface area contributed by atoms with Crippen LogP contribution in [0.25, 0.3) is 22.3 Å². The first-order valence-corrected chi connectivity index (χ1v) is 9.59. The number of pyridine rings is 1. The highest BCUT2D eigenvalue weighted by Crippen LogP contribution is 2.37. The van der Waals surface area contributed by atoms with Crippen molar-refractivity contribution in [3.05, 3.63) is 83.1 Å². The first-order chi connectivity index (χ1) is 13.8. The molecule has 0 saturated heterocycles. The Morgan fingerprint density at radius 3 is 2.71 bits per heavy atom. The number of aromatic nitrogens is 1. The summed E-state index contributed by atoms with van der Waals surface area (Å²) in [6, 6.07) is 19.7. The number of hydrogen-bond acceptors (Lipinski definition) is 4. The molecule has 5 heteroatoms. The van der Waals surface area contributed by atoms with Gasteiger partial charge in [-0.25, -0.2) is 0 Å². The highest BCUT2D eigenvalue weighted by Gasteiger charge is 2.15. The number of furan rings is 1. The Balaban J connectivity index is 1.57. The molecule has 4 aromatic rings. The zero-order valence-electron chi connectivity index (χ0n) is 15.6. The third-order valence-electron chi connectivity index (χ3n) is 4.70. The summed E-state index contributed by atoms with van der Waals surface area (Å²) in [7, 11) is 1.65. The maximum Gasteiger partial charge on any atom is 0.176 e. The lowest BCUT2D eigenvalue weighted by molar-refractivity contribution is 0.411. The van der Waals surface area contributed by atoms with Gasteiger partial charge in [-0.15, -0.1) is 0 Å². The number of rotatable bonds is 7. The molecular weight excluding hydrogens is 372 g/mol. The van der Waals surface area contributed by atoms with Gasteiger partial charge in [-0.3, -0.25) is 4.98 Å². The minimum Gasteiger partial charge on any atom is -0.493 e. The third kappa shape index (κ3) is 3.88. The molecule has 2 heterocycles. The zero-order valence-corrected chi connectivity index (χ0v) is 16.4. The Morgan fingerprint density at radius 2 is 1.93 bits per heavy atom. The van der Waals surface area contributed by atoms with Gasteiger partial charge in [0.05, 0.1) is 12.1 Å². The van der Waals surface area contributed by atoms with Crippen LogP contribution in [0.15, 0.2) is 71.3 Å². The van der Waals surface area contributed by atoms with Gasteiger partial charge >= 0.3 is 0 Å². The SMILES string of the molecule is COc1ccc(CNCCc2ccccn2)c2cc(-c3ccccc3Cl)oc12. The van der Waals surface area contributed by atoms with Crippen LogP contribution in [0, 0.1) is 0 Å². The first-order valence-electron chi connectivity index (χ1n) is 9.21. The lowest BCUT2D eigenvalue weighted by atomic mass is 10.1. The minimum absolute atomic E-state index is 0.663. The van der Waals surface area contributed by atoms with E-state index in [9.17, 15) is 0 Å². The van der Waals surface area contributed by atoms with Crippen LogP contribution in [0.4, 0.5) is 0 Å². The van der Waals surface area contributed by atoms with E-state index in [-0.39, 0.29) is 0 Å². The van der Waals surface area contributed by atoms with E-state index < -0.39 is 0 Å². The molecule has 0 unspecified atom stereocenters. The van der Waals surface area contributed by atoms with Gasteiger partial charge in [-0.1, -0.05) is 35.9 Å². The number of halogens is 1. The molecule has 142 valence electrons. The number of methoxy groups -OCH3 is 1. The van der Waals surface area contributed by atoms with Gasteiger partial charge in [0, 0.05) is 42.4 Å². The van der Waals surface area contributed by atoms with Crippen molar-refractivity contribution in [2.45, 2.75) is 13.0 Å². The minimum atomic E-state index is 0.663. The second-order valence-corrected chi connectivity index (χ2v) is 6.92. The van der Waals surface area contributed by atoms with Crippen molar-refractivity contribution in [2.75, 3.05) is 13.7 Å². The number of nitrogens with one attached hydrogen (secondary N) is 1. The van der Waals surface area contributed by atoms with Crippen molar-refractivity contribution in [1.29, 1.82) is 0 Å². The van der Waals surface area contributed by atoms with Crippen LogP contribution in [0.2, 0.25) is 5.02 Å². The van der Waals surface area contributed by atoms with Gasteiger partial charge in [0.1, 0.15) is 5.76 Å². The highest BCUT2D eigenvalue weighted by atomic mass is 35.5. The Hall–Kier alpha value is -2.82. The highest BCUT2D eigenvalue weighted by molar-refractivity contribution is 6.33. The summed E-state index contributed by atoms with van der Waals surface area (Å²) in [4.78, 5) is 4.36. The summed E-state index contributed by atoms with van der Waals surface area (Å²) in [5.41, 5.74) is 3.84. The van der Waals surface area contributed by atoms with Crippen molar-refractivity contribution >= 4 is 22.6 Å². The molecule has 28 heavy (non-hydrogen) atoms. The molecule has 0 amide bonds. The maximum absolute atomic E-state index is 6.35. The summed E-state index contributed by atoms with van der Waals surface area (Å²) in [5.74, 6) is 1.45. The second-order valence-electron chi connectivity index (χ2n) is 6.51. The fourth-order valence-corrected chi connectivity index (χ4v) is 3.48. The van der Waals surface area contributed by atoms with Crippen LogP contribution < -0.4 is 10.1 Å². The van der Waals surface area contributed by atoms with Crippen molar-refractivity contribution in [3.8, 4) is 17.1 Å². The Morgan fingerprint density at radius 1 is 1.07 bits per heavy atom. The van der Waals surface area contributed by atoms with E-state index in [0.717, 1.165) is 53.1 Å². The van der Waals surface area contributed by atoms with E-state index in [1.54, 1.807) is 7.11 Å². The number of benzene rings is 2. The van der Waals surface area contributed by atoms with Crippen LogP contribution in [-0.2, 0) is 13.0 Å². The smallest absolute Gasteiger partial charge is 0.176 e. The fraction of sp³-hybridized carbons (Fsp3) is 0.174. The average molecular weight is 393 g/mol. The molecule has 2 aromatic carbocycles. The quantitative estimate of drug-likeness (QED) is 0.422. The molecule has 0 aliphatic rings. The van der Waals surface area contributed by atoms with Gasteiger partial charge in [-0.2, -0.15) is 0 Å². The van der Waals surface area contributed by atoms with E-state index >= 15 is 0 Å². The number of fused-ring (bicyclic) bond motifs is 1. The monoisotopic (exact) mass is 392 g/mol. The van der Waals surface area contributed by atoms with Crippen LogP contribution >= 0.6 is 11.6 Å². The van der Waals surface area contributed by atoms with Crippen LogP contribution in [-0.4, -0.2) is 18.6 Å². The summed E-state index contributed by atoms with van der Waals surface area (Å²) in [6.45, 7) is 1.58. The predicted octanol–water partition coefficient (Wildman–Crippen LogP) is 5.49. The van der Waals surface area contributed by atoms with Crippen LogP contribution in [0.3, 0.4) is 0 Å². The second kappa shape index (κ2) is 8.46. The van der Waals surface area contributed by atoms with Crippen LogP contribution in [0.5, 0.6) is 5.75 Å². The molecule has 0 aliphatic carbocycles. The molecule has 0 atom stereocenters. The molecule has 4 nitrogen and oxygen atoms in total. The van der Waals surface area contributed by atoms with E-state index in [1.165, 1.54) is 0 Å². The van der Waals surface area contributed by atoms with Crippen molar-refractivity contribution < 1.29 is 9.15 Å². The topological polar surface area (TPSA) is 47.3 Å². The summed E-state index contributed by atoms with van der Waals surface area (Å²) >= 11 is 6.35. The molecule has 0 aliphatic heterocycles. The van der Waals surface area contributed by atoms with E-state index in [0.29, 0.717) is 10.8 Å². The molecule has 0 radical (unpaired) electrons. The van der Waals surface area contributed by atoms with Crippen molar-refractivity contribution in [1.82, 2.24) is 10.3 Å². The fourth-order valence-electron chi connectivity index (χ4n) is 3.25. The van der Waals surface area contributed by atoms with Gasteiger partial charge < -0.3 is 14.5 Å². The van der Waals surface area contributed by atoms with Gasteiger partial charge in [0.2, 0.25) is 0 Å². The predicted molar refractivity (Wildman–Crippen MR) is 113 cm³/mol. The zero-order chi connectivity index (χ0) is 19.3. The molecular formula is C23H21ClN2O2. The van der Waals surface area contributed by atoms with E-state index in [2.05, 4.69) is 16.4 Å². The molecule has 0 fully saturated rings. The largest absolute Gasteiger partial charge is 0.493 e. The molecule has 0 bridgehead atoms. The van der Waals surface area contributed by atoms with Gasteiger partial charge in [0.15, 0.2) is 11.3 Å². The normalized spacial score (nSPS) is 11.1. The summed E-state index contributed by atoms with van der Waals surface area (Å²) < 4.78 is 11.6. The molecule has 4 rings (SSSR count). The van der Waals surface area contributed by atoms with E-state index in [4.69, 9.17) is 20.8 Å². The molecule has 0 spiro atoms. The van der Waals surface area contributed by atoms with E-state index in [1.807, 2.05) is 60.8 Å². The average Bonchev–Trinajstić information content (AvgIpc) is 3.18. The van der Waals surface area contributed by atoms with Crippen molar-refractivity contribution in [3.63, 3.8) is 0 Å². The Kier molecular flexibility index (Phi) is 5.60. The standard InChI is InChI=1S/C23H21ClN2O2/c1-27-21-10-9-16(15-25-13-11-17-6-4-5-12-26-17)19-14-22(28-23(19)21)18-7-2-3-8-20(18)24/h2-10,12,14,25H,11,13,15H2,1H3. The summed E-state index contributed by atoms with van der Waals surface area (Å²) in [6.07, 6.45) is 2.71. The third-order valence-corrected chi connectivity index (χ3v) is 5.03. The Labute approximate surface area is 169 Å². The Bertz CT molecular complexity index is 1080. The number of hydrogen-bond donors (Lipinski definition) is 1. The number of ether oxygens (including phenoxy) is 1. The summed E-state index contributed by atoms with van der Waals surface area (Å²) in [5, 5.41) is 5.18. The van der Waals surface area contributed by atoms with Crippen molar-refractivity contribution in [2.24, 2.45) is 0 Å². The molecule has 1 N–H and O–H groups in total. The number of nitrogens with zero attached hydrogens (tertiary/aromatic N) is 1. The lowest BCUT2D eigenvalue weighted by Gasteiger charge is -2.08. The van der Waals surface area contributed by atoms with Gasteiger partial charge in [0.25, 0.3) is 0 Å². The van der Waals surface area contributed by atoms with Gasteiger partial charge in [-0.05, 0) is 42.0 Å².